The highest BCUT2D eigenvalue weighted by Gasteiger charge is 2.17. The van der Waals surface area contributed by atoms with Gasteiger partial charge in [0.05, 0.1) is 0 Å². The van der Waals surface area contributed by atoms with Crippen molar-refractivity contribution in [1.29, 1.82) is 0 Å². The van der Waals surface area contributed by atoms with E-state index >= 15 is 0 Å². The van der Waals surface area contributed by atoms with E-state index in [4.69, 9.17) is 9.29 Å². The van der Waals surface area contributed by atoms with Gasteiger partial charge in [0.25, 0.3) is 11.8 Å². The van der Waals surface area contributed by atoms with E-state index in [-0.39, 0.29) is 35.7 Å². The van der Waals surface area contributed by atoms with Gasteiger partial charge in [0, 0.05) is 18.5 Å². The molecule has 192 valence electrons. The van der Waals surface area contributed by atoms with Crippen LogP contribution in [0.3, 0.4) is 0 Å². The standard InChI is InChI=1S/C27H26N2O7S/c1-19-9-15-23(16-10-19)37(34,35)36-22-13-11-20(12-14-22)18-24(27(33)28-17-5-8-25(30)31)29-26(32)21-6-3-2-4-7-21/h2-4,6-7,9-16,18H,5,8,17H2,1H3,(H,28,33)(H,29,32)(H,30,31)/b24-18+. The van der Waals surface area contributed by atoms with E-state index in [9.17, 15) is 22.8 Å². The van der Waals surface area contributed by atoms with Crippen LogP contribution in [0.4, 0.5) is 0 Å². The molecule has 0 atom stereocenters. The van der Waals surface area contributed by atoms with Gasteiger partial charge in [-0.2, -0.15) is 8.42 Å². The molecule has 2 amide bonds. The summed E-state index contributed by atoms with van der Waals surface area (Å²) in [5, 5.41) is 13.9. The van der Waals surface area contributed by atoms with E-state index in [1.54, 1.807) is 42.5 Å². The van der Waals surface area contributed by atoms with E-state index < -0.39 is 27.9 Å². The van der Waals surface area contributed by atoms with E-state index in [0.717, 1.165) is 5.56 Å². The van der Waals surface area contributed by atoms with E-state index in [2.05, 4.69) is 10.6 Å². The minimum atomic E-state index is -4.02. The molecular weight excluding hydrogens is 496 g/mol. The highest BCUT2D eigenvalue weighted by molar-refractivity contribution is 7.87. The van der Waals surface area contributed by atoms with Gasteiger partial charge in [0.2, 0.25) is 0 Å². The van der Waals surface area contributed by atoms with E-state index in [0.29, 0.717) is 11.1 Å². The molecule has 0 saturated carbocycles. The van der Waals surface area contributed by atoms with Crippen molar-refractivity contribution >= 4 is 34.0 Å². The average Bonchev–Trinajstić information content (AvgIpc) is 2.87. The lowest BCUT2D eigenvalue weighted by atomic mass is 10.1. The number of carbonyl (C=O) groups is 3. The fourth-order valence-electron chi connectivity index (χ4n) is 3.15. The molecule has 3 aromatic rings. The fraction of sp³-hybridized carbons (Fsp3) is 0.148. The molecular formula is C27H26N2O7S. The third-order valence-electron chi connectivity index (χ3n) is 5.09. The Morgan fingerprint density at radius 3 is 2.19 bits per heavy atom. The molecule has 0 unspecified atom stereocenters. The predicted molar refractivity (Wildman–Crippen MR) is 137 cm³/mol. The number of nitrogens with one attached hydrogen (secondary N) is 2. The van der Waals surface area contributed by atoms with E-state index in [1.807, 2.05) is 6.92 Å². The summed E-state index contributed by atoms with van der Waals surface area (Å²) in [7, 11) is -4.02. The highest BCUT2D eigenvalue weighted by atomic mass is 32.2. The average molecular weight is 523 g/mol. The Labute approximate surface area is 214 Å². The van der Waals surface area contributed by atoms with Crippen molar-refractivity contribution in [2.24, 2.45) is 0 Å². The third-order valence-corrected chi connectivity index (χ3v) is 6.35. The normalized spacial score (nSPS) is 11.4. The number of carboxylic acid groups (broad SMARTS) is 1. The summed E-state index contributed by atoms with van der Waals surface area (Å²) in [5.74, 6) is -2.01. The maximum Gasteiger partial charge on any atom is 0.339 e. The smallest absolute Gasteiger partial charge is 0.339 e. The van der Waals surface area contributed by atoms with Gasteiger partial charge in [-0.3, -0.25) is 14.4 Å². The predicted octanol–water partition coefficient (Wildman–Crippen LogP) is 3.51. The Morgan fingerprint density at radius 1 is 0.919 bits per heavy atom. The van der Waals surface area contributed by atoms with Crippen LogP contribution in [0.5, 0.6) is 5.75 Å². The summed E-state index contributed by atoms with van der Waals surface area (Å²) in [5.41, 5.74) is 1.68. The van der Waals surface area contributed by atoms with Crippen molar-refractivity contribution in [3.05, 3.63) is 101 Å². The number of amides is 2. The van der Waals surface area contributed by atoms with Crippen molar-refractivity contribution in [2.45, 2.75) is 24.7 Å². The van der Waals surface area contributed by atoms with Crippen molar-refractivity contribution in [1.82, 2.24) is 10.6 Å². The number of carbonyl (C=O) groups excluding carboxylic acids is 2. The molecule has 3 N–H and O–H groups in total. The fourth-order valence-corrected chi connectivity index (χ4v) is 4.08. The Kier molecular flexibility index (Phi) is 9.17. The lowest BCUT2D eigenvalue weighted by Crippen LogP contribution is -2.35. The Morgan fingerprint density at radius 2 is 1.57 bits per heavy atom. The van der Waals surface area contributed by atoms with Crippen molar-refractivity contribution in [3.63, 3.8) is 0 Å². The van der Waals surface area contributed by atoms with E-state index in [1.165, 1.54) is 42.5 Å². The maximum absolute atomic E-state index is 12.7. The molecule has 0 aliphatic heterocycles. The number of hydrogen-bond donors (Lipinski definition) is 3. The zero-order chi connectivity index (χ0) is 26.8. The quantitative estimate of drug-likeness (QED) is 0.199. The van der Waals surface area contributed by atoms with Crippen LogP contribution < -0.4 is 14.8 Å². The van der Waals surface area contributed by atoms with Crippen LogP contribution >= 0.6 is 0 Å². The van der Waals surface area contributed by atoms with Gasteiger partial charge in [0.15, 0.2) is 0 Å². The number of hydrogen-bond acceptors (Lipinski definition) is 6. The molecule has 0 spiro atoms. The molecule has 10 heteroatoms. The van der Waals surface area contributed by atoms with Gasteiger partial charge in [-0.1, -0.05) is 48.0 Å². The van der Waals surface area contributed by atoms with Gasteiger partial charge in [-0.05, 0) is 61.4 Å². The summed E-state index contributed by atoms with van der Waals surface area (Å²) in [6.45, 7) is 1.95. The van der Waals surface area contributed by atoms with Crippen LogP contribution in [0, 0.1) is 6.92 Å². The lowest BCUT2D eigenvalue weighted by Gasteiger charge is -2.11. The molecule has 0 bridgehead atoms. The molecule has 0 heterocycles. The molecule has 0 saturated heterocycles. The Balaban J connectivity index is 1.77. The van der Waals surface area contributed by atoms with Gasteiger partial charge < -0.3 is 19.9 Å². The molecule has 0 fully saturated rings. The van der Waals surface area contributed by atoms with Crippen LogP contribution in [-0.2, 0) is 19.7 Å². The molecule has 3 rings (SSSR count). The third kappa shape index (κ3) is 8.32. The van der Waals surface area contributed by atoms with Crippen LogP contribution in [0.15, 0.2) is 89.5 Å². The number of aryl methyl sites for hydroxylation is 1. The van der Waals surface area contributed by atoms with Crippen molar-refractivity contribution in [2.75, 3.05) is 6.54 Å². The summed E-state index contributed by atoms with van der Waals surface area (Å²) >= 11 is 0. The van der Waals surface area contributed by atoms with Crippen LogP contribution in [0.25, 0.3) is 6.08 Å². The van der Waals surface area contributed by atoms with Gasteiger partial charge in [0.1, 0.15) is 16.3 Å². The van der Waals surface area contributed by atoms with Gasteiger partial charge in [-0.15, -0.1) is 0 Å². The molecule has 9 nitrogen and oxygen atoms in total. The number of carboxylic acids is 1. The molecule has 0 aromatic heterocycles. The Hall–Kier alpha value is -4.44. The lowest BCUT2D eigenvalue weighted by molar-refractivity contribution is -0.137. The largest absolute Gasteiger partial charge is 0.481 e. The second-order valence-corrected chi connectivity index (χ2v) is 9.60. The van der Waals surface area contributed by atoms with Crippen LogP contribution in [-0.4, -0.2) is 37.9 Å². The first-order valence-corrected chi connectivity index (χ1v) is 12.7. The van der Waals surface area contributed by atoms with Crippen molar-refractivity contribution < 1.29 is 32.1 Å². The number of benzene rings is 3. The monoisotopic (exact) mass is 522 g/mol. The highest BCUT2D eigenvalue weighted by Crippen LogP contribution is 2.20. The number of rotatable bonds is 11. The zero-order valence-corrected chi connectivity index (χ0v) is 20.8. The van der Waals surface area contributed by atoms with Crippen molar-refractivity contribution in [3.8, 4) is 5.75 Å². The molecule has 37 heavy (non-hydrogen) atoms. The molecule has 0 radical (unpaired) electrons. The second-order valence-electron chi connectivity index (χ2n) is 8.05. The summed E-state index contributed by atoms with van der Waals surface area (Å²) in [6, 6.07) is 20.5. The first-order valence-electron chi connectivity index (χ1n) is 11.3. The molecule has 0 aliphatic rings. The second kappa shape index (κ2) is 12.5. The first kappa shape index (κ1) is 27.2. The minimum Gasteiger partial charge on any atom is -0.481 e. The topological polar surface area (TPSA) is 139 Å². The SMILES string of the molecule is Cc1ccc(S(=O)(=O)Oc2ccc(/C=C(/NC(=O)c3ccccc3)C(=O)NCCCC(=O)O)cc2)cc1. The summed E-state index contributed by atoms with van der Waals surface area (Å²) in [6.07, 6.45) is 1.54. The Bertz CT molecular complexity index is 1380. The van der Waals surface area contributed by atoms with Gasteiger partial charge >= 0.3 is 16.1 Å². The minimum absolute atomic E-state index is 0.0209. The number of aliphatic carboxylic acids is 1. The summed E-state index contributed by atoms with van der Waals surface area (Å²) < 4.78 is 30.2. The molecule has 0 aliphatic carbocycles. The van der Waals surface area contributed by atoms with Crippen LogP contribution in [0.2, 0.25) is 0 Å². The molecule has 3 aromatic carbocycles. The summed E-state index contributed by atoms with van der Waals surface area (Å²) in [4.78, 5) is 36.1. The van der Waals surface area contributed by atoms with Crippen LogP contribution in [0.1, 0.15) is 34.3 Å². The maximum atomic E-state index is 12.7. The zero-order valence-electron chi connectivity index (χ0n) is 20.0. The first-order chi connectivity index (χ1) is 17.6. The van der Waals surface area contributed by atoms with Gasteiger partial charge in [-0.25, -0.2) is 0 Å².